The molecule has 5 N–H and O–H groups in total. The van der Waals surface area contributed by atoms with Crippen molar-refractivity contribution < 1.29 is 9.59 Å². The first-order valence-corrected chi connectivity index (χ1v) is 6.67. The average molecular weight is 269 g/mol. The summed E-state index contributed by atoms with van der Waals surface area (Å²) in [7, 11) is 0. The lowest BCUT2D eigenvalue weighted by Crippen LogP contribution is -2.45. The van der Waals surface area contributed by atoms with Gasteiger partial charge < -0.3 is 16.8 Å². The molecule has 1 aromatic heterocycles. The summed E-state index contributed by atoms with van der Waals surface area (Å²) >= 11 is 1.58. The molecule has 2 unspecified atom stereocenters. The summed E-state index contributed by atoms with van der Waals surface area (Å²) in [5, 5.41) is 4.82. The van der Waals surface area contributed by atoms with E-state index in [-0.39, 0.29) is 24.3 Å². The molecule has 0 aliphatic rings. The highest BCUT2D eigenvalue weighted by Crippen LogP contribution is 2.25. The number of nitrogens with two attached hydrogens (primary N) is 2. The van der Waals surface area contributed by atoms with Gasteiger partial charge in [-0.05, 0) is 17.4 Å². The third kappa shape index (κ3) is 4.12. The second-order valence-corrected chi connectivity index (χ2v) is 5.50. The van der Waals surface area contributed by atoms with Crippen LogP contribution in [0.4, 0.5) is 0 Å². The molecule has 2 amide bonds. The molecule has 0 fully saturated rings. The van der Waals surface area contributed by atoms with Crippen molar-refractivity contribution in [3.8, 4) is 0 Å². The van der Waals surface area contributed by atoms with Crippen molar-refractivity contribution in [3.05, 3.63) is 22.4 Å². The number of carbonyl (C=O) groups excluding carboxylic acids is 2. The van der Waals surface area contributed by atoms with E-state index in [2.05, 4.69) is 5.32 Å². The van der Waals surface area contributed by atoms with E-state index in [0.717, 1.165) is 4.88 Å². The number of thiophene rings is 1. The van der Waals surface area contributed by atoms with Gasteiger partial charge in [0.25, 0.3) is 0 Å². The van der Waals surface area contributed by atoms with E-state index < -0.39 is 11.9 Å². The molecular weight excluding hydrogens is 250 g/mol. The van der Waals surface area contributed by atoms with Gasteiger partial charge in [-0.25, -0.2) is 0 Å². The maximum atomic E-state index is 11.8. The Labute approximate surface area is 111 Å². The summed E-state index contributed by atoms with van der Waals surface area (Å²) in [6.45, 7) is 4.04. The highest BCUT2D eigenvalue weighted by Gasteiger charge is 2.23. The van der Waals surface area contributed by atoms with Gasteiger partial charge in [0.15, 0.2) is 0 Å². The quantitative estimate of drug-likeness (QED) is 0.711. The van der Waals surface area contributed by atoms with Crippen LogP contribution in [0, 0.1) is 5.92 Å². The summed E-state index contributed by atoms with van der Waals surface area (Å²) in [6, 6.07) is 2.93. The Morgan fingerprint density at radius 2 is 2.11 bits per heavy atom. The number of carbonyl (C=O) groups is 2. The predicted molar refractivity (Wildman–Crippen MR) is 71.8 cm³/mol. The van der Waals surface area contributed by atoms with Crippen LogP contribution < -0.4 is 16.8 Å². The van der Waals surface area contributed by atoms with Gasteiger partial charge in [-0.15, -0.1) is 11.3 Å². The normalized spacial score (nSPS) is 14.2. The Kier molecular flexibility index (Phi) is 5.30. The lowest BCUT2D eigenvalue weighted by molar-refractivity contribution is -0.127. The second-order valence-electron chi connectivity index (χ2n) is 4.52. The summed E-state index contributed by atoms with van der Waals surface area (Å²) in [5.41, 5.74) is 10.6. The number of nitrogens with one attached hydrogen (secondary N) is 1. The van der Waals surface area contributed by atoms with Gasteiger partial charge in [0.1, 0.15) is 0 Å². The number of amides is 2. The molecule has 1 aromatic rings. The Balaban J connectivity index is 2.67. The molecule has 1 rings (SSSR count). The number of rotatable bonds is 6. The smallest absolute Gasteiger partial charge is 0.237 e. The molecule has 0 spiro atoms. The number of hydrogen-bond donors (Lipinski definition) is 3. The van der Waals surface area contributed by atoms with E-state index in [1.165, 1.54) is 0 Å². The molecule has 0 bridgehead atoms. The van der Waals surface area contributed by atoms with Gasteiger partial charge in [0, 0.05) is 4.88 Å². The van der Waals surface area contributed by atoms with Crippen LogP contribution in [-0.2, 0) is 9.59 Å². The number of hydrogen-bond acceptors (Lipinski definition) is 4. The largest absolute Gasteiger partial charge is 0.370 e. The van der Waals surface area contributed by atoms with Crippen LogP contribution in [0.2, 0.25) is 0 Å². The molecule has 18 heavy (non-hydrogen) atoms. The first-order valence-electron chi connectivity index (χ1n) is 5.79. The first kappa shape index (κ1) is 14.7. The van der Waals surface area contributed by atoms with Gasteiger partial charge in [-0.1, -0.05) is 19.9 Å². The van der Waals surface area contributed by atoms with Crippen LogP contribution in [0.5, 0.6) is 0 Å². The third-order valence-corrected chi connectivity index (χ3v) is 3.53. The molecule has 0 radical (unpaired) electrons. The van der Waals surface area contributed by atoms with Crippen molar-refractivity contribution in [2.75, 3.05) is 0 Å². The monoisotopic (exact) mass is 269 g/mol. The molecule has 2 atom stereocenters. The van der Waals surface area contributed by atoms with Gasteiger partial charge in [0.05, 0.1) is 18.5 Å². The molecular formula is C12H19N3O2S. The molecule has 5 nitrogen and oxygen atoms in total. The van der Waals surface area contributed by atoms with Crippen LogP contribution in [0.3, 0.4) is 0 Å². The van der Waals surface area contributed by atoms with E-state index in [1.807, 2.05) is 31.4 Å². The van der Waals surface area contributed by atoms with Crippen molar-refractivity contribution in [1.82, 2.24) is 5.32 Å². The third-order valence-electron chi connectivity index (χ3n) is 2.57. The maximum Gasteiger partial charge on any atom is 0.237 e. The fourth-order valence-electron chi connectivity index (χ4n) is 1.60. The highest BCUT2D eigenvalue weighted by molar-refractivity contribution is 7.10. The van der Waals surface area contributed by atoms with E-state index in [0.29, 0.717) is 0 Å². The summed E-state index contributed by atoms with van der Waals surface area (Å²) < 4.78 is 0. The molecule has 6 heteroatoms. The Morgan fingerprint density at radius 1 is 1.44 bits per heavy atom. The van der Waals surface area contributed by atoms with Crippen molar-refractivity contribution >= 4 is 23.2 Å². The summed E-state index contributed by atoms with van der Waals surface area (Å²) in [5.74, 6) is -0.677. The van der Waals surface area contributed by atoms with Crippen LogP contribution in [0.25, 0.3) is 0 Å². The van der Waals surface area contributed by atoms with Crippen molar-refractivity contribution in [2.24, 2.45) is 17.4 Å². The molecule has 0 aliphatic carbocycles. The topological polar surface area (TPSA) is 98.2 Å². The fourth-order valence-corrected chi connectivity index (χ4v) is 2.55. The minimum atomic E-state index is -0.885. The van der Waals surface area contributed by atoms with Gasteiger partial charge in [-0.2, -0.15) is 0 Å². The molecule has 0 saturated heterocycles. The molecule has 100 valence electrons. The Hall–Kier alpha value is -1.40. The summed E-state index contributed by atoms with van der Waals surface area (Å²) in [4.78, 5) is 23.6. The van der Waals surface area contributed by atoms with E-state index >= 15 is 0 Å². The van der Waals surface area contributed by atoms with Crippen LogP contribution in [0.1, 0.15) is 31.2 Å². The van der Waals surface area contributed by atoms with Gasteiger partial charge >= 0.3 is 0 Å². The lowest BCUT2D eigenvalue weighted by atomic mass is 10.0. The van der Waals surface area contributed by atoms with Crippen molar-refractivity contribution in [3.63, 3.8) is 0 Å². The Morgan fingerprint density at radius 3 is 2.56 bits per heavy atom. The maximum absolute atomic E-state index is 11.8. The zero-order valence-electron chi connectivity index (χ0n) is 10.6. The molecule has 0 saturated carbocycles. The second kappa shape index (κ2) is 6.51. The summed E-state index contributed by atoms with van der Waals surface area (Å²) in [6.07, 6.45) is -0.138. The Bertz CT molecular complexity index is 403. The minimum Gasteiger partial charge on any atom is -0.370 e. The number of primary amides is 1. The van der Waals surface area contributed by atoms with E-state index in [4.69, 9.17) is 11.5 Å². The zero-order chi connectivity index (χ0) is 13.7. The van der Waals surface area contributed by atoms with Crippen molar-refractivity contribution in [2.45, 2.75) is 32.4 Å². The molecule has 0 aliphatic heterocycles. The standard InChI is InChI=1S/C12H19N3O2S/c1-7(2)11(9-4-3-5-18-9)15-12(17)8(13)6-10(14)16/h3-5,7-8,11H,6,13H2,1-2H3,(H2,14,16)(H,15,17). The van der Waals surface area contributed by atoms with Gasteiger partial charge in [0.2, 0.25) is 11.8 Å². The fraction of sp³-hybridized carbons (Fsp3) is 0.500. The van der Waals surface area contributed by atoms with Crippen LogP contribution in [-0.4, -0.2) is 17.9 Å². The lowest BCUT2D eigenvalue weighted by Gasteiger charge is -2.23. The zero-order valence-corrected chi connectivity index (χ0v) is 11.4. The SMILES string of the molecule is CC(C)C(NC(=O)C(N)CC(N)=O)c1cccs1. The van der Waals surface area contributed by atoms with E-state index in [9.17, 15) is 9.59 Å². The average Bonchev–Trinajstić information content (AvgIpc) is 2.77. The molecule has 1 heterocycles. The first-order chi connectivity index (χ1) is 8.41. The van der Waals surface area contributed by atoms with Crippen LogP contribution in [0.15, 0.2) is 17.5 Å². The van der Waals surface area contributed by atoms with Crippen LogP contribution >= 0.6 is 11.3 Å². The van der Waals surface area contributed by atoms with Crippen molar-refractivity contribution in [1.29, 1.82) is 0 Å². The highest BCUT2D eigenvalue weighted by atomic mass is 32.1. The minimum absolute atomic E-state index is 0.0866. The molecule has 0 aromatic carbocycles. The van der Waals surface area contributed by atoms with E-state index in [1.54, 1.807) is 11.3 Å². The predicted octanol–water partition coefficient (Wildman–Crippen LogP) is 0.764. The van der Waals surface area contributed by atoms with Gasteiger partial charge in [-0.3, -0.25) is 9.59 Å².